The molecule has 110 valence electrons. The van der Waals surface area contributed by atoms with Gasteiger partial charge in [0.05, 0.1) is 13.9 Å². The number of benzene rings is 1. The number of hydrogen-bond acceptors (Lipinski definition) is 5. The van der Waals surface area contributed by atoms with E-state index in [1.54, 1.807) is 6.07 Å². The third-order valence-corrected chi connectivity index (χ3v) is 11.0. The molecule has 2 rings (SSSR count). The highest BCUT2D eigenvalue weighted by molar-refractivity contribution is 7.93. The molecule has 0 spiro atoms. The Hall–Kier alpha value is 1.31. The van der Waals surface area contributed by atoms with Crippen molar-refractivity contribution in [1.82, 2.24) is 12.8 Å². The summed E-state index contributed by atoms with van der Waals surface area (Å²) in [6.07, 6.45) is 0.612. The SMILES string of the molecule is O=Cc1ccc(OP2NPN(Cl)P(Cl)N2Cl)c(Cl)c1Cl. The van der Waals surface area contributed by atoms with Gasteiger partial charge in [-0.15, -0.1) is 3.96 Å². The highest BCUT2D eigenvalue weighted by Gasteiger charge is 2.37. The molecule has 5 nitrogen and oxygen atoms in total. The molecule has 0 radical (unpaired) electrons. The monoisotopic (exact) mass is 431 g/mol. The van der Waals surface area contributed by atoms with Gasteiger partial charge in [-0.1, -0.05) is 38.4 Å². The molecule has 0 bridgehead atoms. The summed E-state index contributed by atoms with van der Waals surface area (Å²) >= 11 is 29.9. The molecule has 0 saturated carbocycles. The number of carbonyl (C=O) groups excluding carboxylic acids is 1. The number of nitrogens with zero attached hydrogens (tertiary/aromatic N) is 2. The molecule has 1 aliphatic rings. The summed E-state index contributed by atoms with van der Waals surface area (Å²) in [5, 5.41) is 0.267. The van der Waals surface area contributed by atoms with E-state index in [0.717, 1.165) is 0 Å². The maximum atomic E-state index is 10.8. The Morgan fingerprint density at radius 1 is 1.30 bits per heavy atom. The standard InChI is InChI=1S/C7H5Cl5N3O2P3/c8-6-4(3-16)1-2-5(7(6)9)17-20-13-18-14(10)19(12)15(20)11/h1-3,13,18H. The minimum Gasteiger partial charge on any atom is -0.442 e. The second-order valence-corrected chi connectivity index (χ2v) is 11.2. The van der Waals surface area contributed by atoms with E-state index < -0.39 is 16.0 Å². The molecule has 1 fully saturated rings. The van der Waals surface area contributed by atoms with Gasteiger partial charge < -0.3 is 4.52 Å². The van der Waals surface area contributed by atoms with Crippen LogP contribution in [0.25, 0.3) is 0 Å². The van der Waals surface area contributed by atoms with E-state index in [4.69, 9.17) is 62.5 Å². The largest absolute Gasteiger partial charge is 0.442 e. The van der Waals surface area contributed by atoms with Crippen molar-refractivity contribution < 1.29 is 9.32 Å². The molecule has 20 heavy (non-hydrogen) atoms. The zero-order valence-corrected chi connectivity index (χ0v) is 15.8. The van der Waals surface area contributed by atoms with Crippen molar-refractivity contribution in [3.63, 3.8) is 0 Å². The molecule has 1 aliphatic heterocycles. The van der Waals surface area contributed by atoms with Gasteiger partial charge in [0, 0.05) is 5.56 Å². The minimum absolute atomic E-state index is 0.0566. The first-order chi connectivity index (χ1) is 9.45. The van der Waals surface area contributed by atoms with Crippen molar-refractivity contribution in [2.24, 2.45) is 0 Å². The molecule has 1 aromatic carbocycles. The van der Waals surface area contributed by atoms with Crippen molar-refractivity contribution in [2.45, 2.75) is 0 Å². The molecule has 1 aromatic rings. The lowest BCUT2D eigenvalue weighted by Gasteiger charge is -2.35. The summed E-state index contributed by atoms with van der Waals surface area (Å²) in [5.41, 5.74) is 0.282. The van der Waals surface area contributed by atoms with Gasteiger partial charge in [0.2, 0.25) is 0 Å². The number of hydrogen-bond donors (Lipinski definition) is 1. The molecule has 0 amide bonds. The third-order valence-electron chi connectivity index (χ3n) is 2.06. The maximum absolute atomic E-state index is 10.8. The summed E-state index contributed by atoms with van der Waals surface area (Å²) in [4.78, 5) is 13.7. The number of carbonyl (C=O) groups is 1. The molecule has 1 heterocycles. The second-order valence-electron chi connectivity index (χ2n) is 3.23. The van der Waals surface area contributed by atoms with Crippen molar-refractivity contribution in [3.8, 4) is 5.75 Å². The van der Waals surface area contributed by atoms with Crippen LogP contribution >= 0.6 is 82.9 Å². The number of nitrogens with one attached hydrogen (secondary N) is 1. The molecule has 0 aromatic heterocycles. The molecular weight excluding hydrogens is 428 g/mol. The Balaban J connectivity index is 2.18. The van der Waals surface area contributed by atoms with Crippen LogP contribution in [0, 0.1) is 0 Å². The van der Waals surface area contributed by atoms with Gasteiger partial charge in [0.15, 0.2) is 13.9 Å². The fourth-order valence-corrected chi connectivity index (χ4v) is 8.34. The Labute approximate surface area is 144 Å². The van der Waals surface area contributed by atoms with Crippen molar-refractivity contribution in [2.75, 3.05) is 0 Å². The van der Waals surface area contributed by atoms with Crippen LogP contribution in [0.4, 0.5) is 0 Å². The first-order valence-electron chi connectivity index (χ1n) is 4.75. The first kappa shape index (κ1) is 17.7. The van der Waals surface area contributed by atoms with E-state index in [9.17, 15) is 4.79 Å². The van der Waals surface area contributed by atoms with Gasteiger partial charge in [-0.2, -0.15) is 0 Å². The average Bonchev–Trinajstić information content (AvgIpc) is 2.44. The highest BCUT2D eigenvalue weighted by Crippen LogP contribution is 2.70. The van der Waals surface area contributed by atoms with Crippen molar-refractivity contribution in [1.29, 1.82) is 0 Å². The van der Waals surface area contributed by atoms with Gasteiger partial charge in [-0.25, -0.2) is 4.86 Å². The zero-order chi connectivity index (χ0) is 14.9. The predicted octanol–water partition coefficient (Wildman–Crippen LogP) is 5.90. The fraction of sp³-hybridized carbons (Fsp3) is 0. The summed E-state index contributed by atoms with van der Waals surface area (Å²) < 4.78 is 8.29. The molecule has 1 saturated heterocycles. The normalized spacial score (nSPS) is 25.9. The quantitative estimate of drug-likeness (QED) is 0.365. The van der Waals surface area contributed by atoms with Crippen LogP contribution in [-0.4, -0.2) is 14.2 Å². The van der Waals surface area contributed by atoms with Gasteiger partial charge in [0.1, 0.15) is 10.8 Å². The smallest absolute Gasteiger partial charge is 0.271 e. The number of halogens is 5. The average molecular weight is 433 g/mol. The van der Waals surface area contributed by atoms with E-state index in [2.05, 4.69) is 4.86 Å². The first-order valence-corrected chi connectivity index (χ1v) is 10.5. The summed E-state index contributed by atoms with van der Waals surface area (Å²) in [6.45, 7) is 0. The van der Waals surface area contributed by atoms with E-state index in [1.807, 2.05) is 0 Å². The Kier molecular flexibility index (Phi) is 6.82. The zero-order valence-electron chi connectivity index (χ0n) is 9.23. The second kappa shape index (κ2) is 7.73. The number of aldehydes is 1. The van der Waals surface area contributed by atoms with Crippen molar-refractivity contribution >= 4 is 89.2 Å². The van der Waals surface area contributed by atoms with E-state index in [0.29, 0.717) is 12.0 Å². The molecule has 3 atom stereocenters. The lowest BCUT2D eigenvalue weighted by molar-refractivity contribution is 0.112. The van der Waals surface area contributed by atoms with Gasteiger partial charge in [0.25, 0.3) is 8.45 Å². The van der Waals surface area contributed by atoms with Crippen LogP contribution in [0.3, 0.4) is 0 Å². The van der Waals surface area contributed by atoms with Crippen LogP contribution in [0.1, 0.15) is 10.4 Å². The van der Waals surface area contributed by atoms with E-state index in [1.165, 1.54) is 14.0 Å². The summed E-state index contributed by atoms with van der Waals surface area (Å²) in [6, 6.07) is 3.05. The summed E-state index contributed by atoms with van der Waals surface area (Å²) in [5.74, 6) is 0.305. The molecule has 13 heteroatoms. The Bertz CT molecular complexity index is 527. The van der Waals surface area contributed by atoms with Crippen LogP contribution in [-0.2, 0) is 0 Å². The Morgan fingerprint density at radius 2 is 2.00 bits per heavy atom. The highest BCUT2D eigenvalue weighted by atomic mass is 35.7. The maximum Gasteiger partial charge on any atom is 0.271 e. The van der Waals surface area contributed by atoms with E-state index in [-0.39, 0.29) is 24.5 Å². The Morgan fingerprint density at radius 3 is 2.65 bits per heavy atom. The van der Waals surface area contributed by atoms with Gasteiger partial charge in [-0.05, 0) is 35.7 Å². The van der Waals surface area contributed by atoms with Crippen molar-refractivity contribution in [3.05, 3.63) is 27.7 Å². The van der Waals surface area contributed by atoms with Crippen LogP contribution in [0.2, 0.25) is 10.0 Å². The lowest BCUT2D eigenvalue weighted by atomic mass is 10.2. The lowest BCUT2D eigenvalue weighted by Crippen LogP contribution is -2.20. The van der Waals surface area contributed by atoms with Gasteiger partial charge in [-0.3, -0.25) is 4.79 Å². The third kappa shape index (κ3) is 3.79. The topological polar surface area (TPSA) is 44.8 Å². The molecule has 1 N–H and O–H groups in total. The van der Waals surface area contributed by atoms with Crippen LogP contribution < -0.4 is 9.38 Å². The molecule has 3 unspecified atom stereocenters. The van der Waals surface area contributed by atoms with E-state index >= 15 is 0 Å². The summed E-state index contributed by atoms with van der Waals surface area (Å²) in [7, 11) is -2.75. The van der Waals surface area contributed by atoms with Crippen LogP contribution in [0.5, 0.6) is 5.75 Å². The minimum atomic E-state index is -1.42. The van der Waals surface area contributed by atoms with Crippen LogP contribution in [0.15, 0.2) is 12.1 Å². The molecular formula is C7H5Cl5N3O2P3. The molecule has 0 aliphatic carbocycles. The number of rotatable bonds is 3. The predicted molar refractivity (Wildman–Crippen MR) is 89.0 cm³/mol. The fourth-order valence-electron chi connectivity index (χ4n) is 1.16. The van der Waals surface area contributed by atoms with Gasteiger partial charge >= 0.3 is 0 Å².